The summed E-state index contributed by atoms with van der Waals surface area (Å²) in [5.41, 5.74) is -0.00174. The minimum absolute atomic E-state index is 0.00174. The highest BCUT2D eigenvalue weighted by Crippen LogP contribution is 2.20. The quantitative estimate of drug-likeness (QED) is 0.929. The molecule has 110 valence electrons. The summed E-state index contributed by atoms with van der Waals surface area (Å²) < 4.78 is 26.6. The highest BCUT2D eigenvalue weighted by molar-refractivity contribution is 7.89. The van der Waals surface area contributed by atoms with E-state index < -0.39 is 16.0 Å². The molecule has 0 radical (unpaired) electrons. The standard InChI is InChI=1S/C14H19NO4S/c16-14(17)12-7-6-8-13(11-12)20(18,19)15-9-4-2-1-3-5-10-15/h6-8,11H,1-5,9-10H2,(H,16,17). The Kier molecular flexibility index (Phi) is 4.77. The molecule has 2 rings (SSSR count). The summed E-state index contributed by atoms with van der Waals surface area (Å²) in [7, 11) is -3.59. The summed E-state index contributed by atoms with van der Waals surface area (Å²) in [6.07, 6.45) is 4.96. The van der Waals surface area contributed by atoms with Gasteiger partial charge in [-0.25, -0.2) is 13.2 Å². The maximum Gasteiger partial charge on any atom is 0.335 e. The molecular weight excluding hydrogens is 278 g/mol. The number of carboxylic acid groups (broad SMARTS) is 1. The van der Waals surface area contributed by atoms with Crippen molar-refractivity contribution in [3.05, 3.63) is 29.8 Å². The Bertz CT molecular complexity index is 575. The lowest BCUT2D eigenvalue weighted by Crippen LogP contribution is -2.33. The minimum Gasteiger partial charge on any atom is -0.478 e. The van der Waals surface area contributed by atoms with Crippen LogP contribution in [0.25, 0.3) is 0 Å². The van der Waals surface area contributed by atoms with Gasteiger partial charge in [-0.05, 0) is 31.0 Å². The number of aromatic carboxylic acids is 1. The van der Waals surface area contributed by atoms with Crippen LogP contribution in [0.2, 0.25) is 0 Å². The number of hydrogen-bond donors (Lipinski definition) is 1. The first-order valence-corrected chi connectivity index (χ1v) is 8.29. The van der Waals surface area contributed by atoms with Gasteiger partial charge in [-0.2, -0.15) is 4.31 Å². The molecule has 1 heterocycles. The van der Waals surface area contributed by atoms with E-state index in [1.807, 2.05) is 0 Å². The van der Waals surface area contributed by atoms with Crippen LogP contribution < -0.4 is 0 Å². The number of benzene rings is 1. The molecule has 5 nitrogen and oxygen atoms in total. The van der Waals surface area contributed by atoms with Crippen LogP contribution in [0.3, 0.4) is 0 Å². The van der Waals surface area contributed by atoms with Gasteiger partial charge in [0.2, 0.25) is 10.0 Å². The molecule has 0 amide bonds. The van der Waals surface area contributed by atoms with Gasteiger partial charge in [-0.1, -0.05) is 25.3 Å². The van der Waals surface area contributed by atoms with Crippen molar-refractivity contribution in [2.45, 2.75) is 37.0 Å². The van der Waals surface area contributed by atoms with Crippen molar-refractivity contribution < 1.29 is 18.3 Å². The van der Waals surface area contributed by atoms with Crippen LogP contribution >= 0.6 is 0 Å². The molecule has 1 aliphatic rings. The molecule has 0 atom stereocenters. The summed E-state index contributed by atoms with van der Waals surface area (Å²) in [4.78, 5) is 11.0. The zero-order valence-corrected chi connectivity index (χ0v) is 12.1. The van der Waals surface area contributed by atoms with Gasteiger partial charge in [0.05, 0.1) is 10.5 Å². The van der Waals surface area contributed by atoms with Gasteiger partial charge in [0.25, 0.3) is 0 Å². The van der Waals surface area contributed by atoms with Crippen molar-refractivity contribution in [3.8, 4) is 0 Å². The maximum atomic E-state index is 12.6. The first-order chi connectivity index (χ1) is 9.51. The number of carboxylic acids is 1. The molecule has 6 heteroatoms. The first kappa shape index (κ1) is 15.0. The van der Waals surface area contributed by atoms with Crippen molar-refractivity contribution in [2.75, 3.05) is 13.1 Å². The van der Waals surface area contributed by atoms with Crippen molar-refractivity contribution in [1.29, 1.82) is 0 Å². The predicted octanol–water partition coefficient (Wildman–Crippen LogP) is 2.34. The summed E-state index contributed by atoms with van der Waals surface area (Å²) >= 11 is 0. The van der Waals surface area contributed by atoms with Gasteiger partial charge in [-0.15, -0.1) is 0 Å². The molecule has 1 aromatic rings. The summed E-state index contributed by atoms with van der Waals surface area (Å²) in [6, 6.07) is 5.56. The Morgan fingerprint density at radius 1 is 1.05 bits per heavy atom. The number of rotatable bonds is 3. The topological polar surface area (TPSA) is 74.7 Å². The van der Waals surface area contributed by atoms with E-state index in [1.54, 1.807) is 0 Å². The summed E-state index contributed by atoms with van der Waals surface area (Å²) in [5.74, 6) is -1.12. The van der Waals surface area contributed by atoms with E-state index in [1.165, 1.54) is 28.6 Å². The van der Waals surface area contributed by atoms with Crippen LogP contribution in [0, 0.1) is 0 Å². The smallest absolute Gasteiger partial charge is 0.335 e. The van der Waals surface area contributed by atoms with Gasteiger partial charge in [0, 0.05) is 13.1 Å². The van der Waals surface area contributed by atoms with Gasteiger partial charge < -0.3 is 5.11 Å². The van der Waals surface area contributed by atoms with Gasteiger partial charge in [-0.3, -0.25) is 0 Å². The number of sulfonamides is 1. The Labute approximate surface area is 119 Å². The van der Waals surface area contributed by atoms with Crippen molar-refractivity contribution >= 4 is 16.0 Å². The molecule has 1 saturated heterocycles. The molecule has 0 aromatic heterocycles. The van der Waals surface area contributed by atoms with Gasteiger partial charge in [0.15, 0.2) is 0 Å². The average Bonchev–Trinajstić information content (AvgIpc) is 2.38. The van der Waals surface area contributed by atoms with Gasteiger partial charge in [0.1, 0.15) is 0 Å². The van der Waals surface area contributed by atoms with Crippen LogP contribution in [0.4, 0.5) is 0 Å². The molecule has 0 spiro atoms. The molecule has 1 N–H and O–H groups in total. The zero-order chi connectivity index (χ0) is 14.6. The third-order valence-corrected chi connectivity index (χ3v) is 5.43. The lowest BCUT2D eigenvalue weighted by molar-refractivity contribution is 0.0696. The van der Waals surface area contributed by atoms with Crippen LogP contribution in [0.5, 0.6) is 0 Å². The molecule has 1 fully saturated rings. The largest absolute Gasteiger partial charge is 0.478 e. The molecule has 1 aromatic carbocycles. The summed E-state index contributed by atoms with van der Waals surface area (Å²) in [6.45, 7) is 1.03. The molecule has 0 bridgehead atoms. The molecule has 1 aliphatic heterocycles. The highest BCUT2D eigenvalue weighted by Gasteiger charge is 2.25. The fourth-order valence-electron chi connectivity index (χ4n) is 2.40. The van der Waals surface area contributed by atoms with E-state index in [4.69, 9.17) is 5.11 Å². The fraction of sp³-hybridized carbons (Fsp3) is 0.500. The molecule has 0 saturated carbocycles. The van der Waals surface area contributed by atoms with E-state index >= 15 is 0 Å². The van der Waals surface area contributed by atoms with Crippen LogP contribution in [0.15, 0.2) is 29.2 Å². The first-order valence-electron chi connectivity index (χ1n) is 6.85. The van der Waals surface area contributed by atoms with E-state index in [0.717, 1.165) is 32.1 Å². The van der Waals surface area contributed by atoms with E-state index in [9.17, 15) is 13.2 Å². The van der Waals surface area contributed by atoms with Crippen LogP contribution in [0.1, 0.15) is 42.5 Å². The fourth-order valence-corrected chi connectivity index (χ4v) is 3.96. The molecule has 0 unspecified atom stereocenters. The Morgan fingerprint density at radius 3 is 2.25 bits per heavy atom. The van der Waals surface area contributed by atoms with Crippen LogP contribution in [-0.4, -0.2) is 36.9 Å². The van der Waals surface area contributed by atoms with Crippen molar-refractivity contribution in [3.63, 3.8) is 0 Å². The Balaban J connectivity index is 2.28. The monoisotopic (exact) mass is 297 g/mol. The molecule has 0 aliphatic carbocycles. The van der Waals surface area contributed by atoms with E-state index in [-0.39, 0.29) is 10.5 Å². The number of nitrogens with zero attached hydrogens (tertiary/aromatic N) is 1. The molecule has 20 heavy (non-hydrogen) atoms. The van der Waals surface area contributed by atoms with Crippen LogP contribution in [-0.2, 0) is 10.0 Å². The van der Waals surface area contributed by atoms with Crippen molar-refractivity contribution in [2.24, 2.45) is 0 Å². The minimum atomic E-state index is -3.59. The SMILES string of the molecule is O=C(O)c1cccc(S(=O)(=O)N2CCCCCCC2)c1. The van der Waals surface area contributed by atoms with Crippen molar-refractivity contribution in [1.82, 2.24) is 4.31 Å². The van der Waals surface area contributed by atoms with E-state index in [2.05, 4.69) is 0 Å². The lowest BCUT2D eigenvalue weighted by Gasteiger charge is -2.24. The highest BCUT2D eigenvalue weighted by atomic mass is 32.2. The lowest BCUT2D eigenvalue weighted by atomic mass is 10.1. The second-order valence-corrected chi connectivity index (χ2v) is 6.94. The third kappa shape index (κ3) is 3.37. The second-order valence-electron chi connectivity index (χ2n) is 5.00. The number of hydrogen-bond acceptors (Lipinski definition) is 3. The van der Waals surface area contributed by atoms with E-state index in [0.29, 0.717) is 13.1 Å². The van der Waals surface area contributed by atoms with Gasteiger partial charge >= 0.3 is 5.97 Å². The Hall–Kier alpha value is -1.40. The third-order valence-electron chi connectivity index (χ3n) is 3.53. The Morgan fingerprint density at radius 2 is 1.65 bits per heavy atom. The second kappa shape index (κ2) is 6.37. The molecular formula is C14H19NO4S. The normalized spacial score (nSPS) is 18.2. The summed E-state index contributed by atoms with van der Waals surface area (Å²) in [5, 5.41) is 8.96. The average molecular weight is 297 g/mol. The predicted molar refractivity (Wildman–Crippen MR) is 75.2 cm³/mol. The zero-order valence-electron chi connectivity index (χ0n) is 11.3. The number of carbonyl (C=O) groups is 1. The maximum absolute atomic E-state index is 12.6.